The van der Waals surface area contributed by atoms with Crippen molar-refractivity contribution in [2.75, 3.05) is 11.9 Å². The molecule has 9 nitrogen and oxygen atoms in total. The van der Waals surface area contributed by atoms with E-state index in [1.165, 1.54) is 54.6 Å². The molecule has 0 aliphatic carbocycles. The van der Waals surface area contributed by atoms with E-state index in [2.05, 4.69) is 26.6 Å². The third-order valence-electron chi connectivity index (χ3n) is 4.67. The first-order chi connectivity index (χ1) is 16.8. The molecule has 0 heterocycles. The molecular weight excluding hydrogens is 518 g/mol. The van der Waals surface area contributed by atoms with Crippen molar-refractivity contribution in [3.8, 4) is 0 Å². The Morgan fingerprint density at radius 3 is 2.11 bits per heavy atom. The van der Waals surface area contributed by atoms with Crippen LogP contribution in [0.2, 0.25) is 0 Å². The first kappa shape index (κ1) is 25.3. The highest BCUT2D eigenvalue weighted by atomic mass is 79.9. The van der Waals surface area contributed by atoms with Gasteiger partial charge in [0, 0.05) is 27.9 Å². The number of rotatable bonds is 8. The number of hydrogen-bond acceptors (Lipinski definition) is 6. The van der Waals surface area contributed by atoms with Gasteiger partial charge in [-0.05, 0) is 79.2 Å². The summed E-state index contributed by atoms with van der Waals surface area (Å²) in [6.07, 6.45) is 1.41. The number of non-ortho nitro benzene ring substituents is 1. The van der Waals surface area contributed by atoms with Crippen molar-refractivity contribution in [1.29, 1.82) is 0 Å². The number of carbonyl (C=O) groups excluding carboxylic acids is 3. The Bertz CT molecular complexity index is 1270. The molecular formula is C25H20BrN3O6. The molecule has 0 unspecified atom stereocenters. The van der Waals surface area contributed by atoms with Crippen LogP contribution in [0.15, 0.2) is 83.0 Å². The summed E-state index contributed by atoms with van der Waals surface area (Å²) in [6.45, 7) is 1.94. The number of halogens is 1. The molecule has 178 valence electrons. The fourth-order valence-corrected chi connectivity index (χ4v) is 3.18. The largest absolute Gasteiger partial charge is 0.462 e. The van der Waals surface area contributed by atoms with E-state index in [9.17, 15) is 24.5 Å². The molecule has 0 atom stereocenters. The first-order valence-electron chi connectivity index (χ1n) is 10.4. The fourth-order valence-electron chi connectivity index (χ4n) is 2.92. The van der Waals surface area contributed by atoms with Crippen LogP contribution >= 0.6 is 15.9 Å². The summed E-state index contributed by atoms with van der Waals surface area (Å²) in [5.74, 6) is -1.62. The molecule has 3 aromatic rings. The van der Waals surface area contributed by atoms with Gasteiger partial charge in [0.25, 0.3) is 17.5 Å². The Morgan fingerprint density at radius 2 is 1.54 bits per heavy atom. The van der Waals surface area contributed by atoms with Crippen LogP contribution in [-0.2, 0) is 9.53 Å². The molecule has 35 heavy (non-hydrogen) atoms. The molecule has 0 bridgehead atoms. The summed E-state index contributed by atoms with van der Waals surface area (Å²) in [4.78, 5) is 48.0. The van der Waals surface area contributed by atoms with Crippen molar-refractivity contribution in [2.45, 2.75) is 6.92 Å². The third kappa shape index (κ3) is 7.08. The summed E-state index contributed by atoms with van der Waals surface area (Å²) in [5, 5.41) is 16.2. The standard InChI is InChI=1S/C25H20BrN3O6/c1-2-35-25(32)18-7-11-20(12-8-18)27-24(31)22(15-16-3-13-21(14-4-16)29(33)34)28-23(30)17-5-9-19(26)10-6-17/h3-15H,2H2,1H3,(H,27,31)(H,28,30). The van der Waals surface area contributed by atoms with Crippen LogP contribution < -0.4 is 10.6 Å². The first-order valence-corrected chi connectivity index (χ1v) is 11.2. The second-order valence-electron chi connectivity index (χ2n) is 7.12. The van der Waals surface area contributed by atoms with E-state index in [0.717, 1.165) is 4.47 Å². The molecule has 0 saturated carbocycles. The average Bonchev–Trinajstić information content (AvgIpc) is 2.85. The SMILES string of the molecule is CCOC(=O)c1ccc(NC(=O)C(=Cc2ccc([N+](=O)[O-])cc2)NC(=O)c2ccc(Br)cc2)cc1. The smallest absolute Gasteiger partial charge is 0.338 e. The minimum atomic E-state index is -0.627. The van der Waals surface area contributed by atoms with Gasteiger partial charge in [-0.2, -0.15) is 0 Å². The van der Waals surface area contributed by atoms with E-state index in [4.69, 9.17) is 4.74 Å². The molecule has 2 N–H and O–H groups in total. The summed E-state index contributed by atoms with van der Waals surface area (Å²) in [7, 11) is 0. The molecule has 0 saturated heterocycles. The number of esters is 1. The van der Waals surface area contributed by atoms with Crippen molar-refractivity contribution in [3.63, 3.8) is 0 Å². The summed E-state index contributed by atoms with van der Waals surface area (Å²) in [6, 6.07) is 18.2. The number of benzene rings is 3. The minimum absolute atomic E-state index is 0.0822. The van der Waals surface area contributed by atoms with Gasteiger partial charge in [0.2, 0.25) is 0 Å². The second-order valence-corrected chi connectivity index (χ2v) is 8.04. The predicted molar refractivity (Wildman–Crippen MR) is 134 cm³/mol. The zero-order valence-electron chi connectivity index (χ0n) is 18.5. The summed E-state index contributed by atoms with van der Waals surface area (Å²) >= 11 is 3.30. The van der Waals surface area contributed by atoms with Crippen molar-refractivity contribution in [1.82, 2.24) is 5.32 Å². The molecule has 0 radical (unpaired) electrons. The number of amides is 2. The molecule has 0 spiro atoms. The van der Waals surface area contributed by atoms with Gasteiger partial charge in [0.1, 0.15) is 5.70 Å². The molecule has 3 aromatic carbocycles. The topological polar surface area (TPSA) is 128 Å². The lowest BCUT2D eigenvalue weighted by Crippen LogP contribution is -2.30. The molecule has 0 aliphatic heterocycles. The molecule has 0 aliphatic rings. The van der Waals surface area contributed by atoms with Gasteiger partial charge in [-0.25, -0.2) is 4.79 Å². The molecule has 0 fully saturated rings. The maximum atomic E-state index is 13.0. The monoisotopic (exact) mass is 537 g/mol. The van der Waals surface area contributed by atoms with Crippen LogP contribution in [0.3, 0.4) is 0 Å². The quantitative estimate of drug-likeness (QED) is 0.181. The highest BCUT2D eigenvalue weighted by Crippen LogP contribution is 2.17. The normalized spacial score (nSPS) is 10.9. The van der Waals surface area contributed by atoms with Crippen molar-refractivity contribution in [2.24, 2.45) is 0 Å². The summed E-state index contributed by atoms with van der Waals surface area (Å²) < 4.78 is 5.73. The van der Waals surface area contributed by atoms with Crippen LogP contribution in [0.25, 0.3) is 6.08 Å². The lowest BCUT2D eigenvalue weighted by atomic mass is 10.1. The van der Waals surface area contributed by atoms with E-state index in [0.29, 0.717) is 22.4 Å². The third-order valence-corrected chi connectivity index (χ3v) is 5.20. The maximum absolute atomic E-state index is 13.0. The minimum Gasteiger partial charge on any atom is -0.462 e. The molecule has 3 rings (SSSR count). The van der Waals surface area contributed by atoms with Crippen molar-refractivity contribution >= 4 is 51.2 Å². The lowest BCUT2D eigenvalue weighted by Gasteiger charge is -2.12. The number of nitrogens with one attached hydrogen (secondary N) is 2. The van der Waals surface area contributed by atoms with E-state index in [1.54, 1.807) is 31.2 Å². The molecule has 0 aromatic heterocycles. The number of anilines is 1. The van der Waals surface area contributed by atoms with Gasteiger partial charge in [-0.1, -0.05) is 15.9 Å². The van der Waals surface area contributed by atoms with E-state index in [-0.39, 0.29) is 18.0 Å². The van der Waals surface area contributed by atoms with Crippen LogP contribution in [0.5, 0.6) is 0 Å². The van der Waals surface area contributed by atoms with E-state index in [1.807, 2.05) is 0 Å². The Labute approximate surface area is 209 Å². The van der Waals surface area contributed by atoms with Gasteiger partial charge >= 0.3 is 5.97 Å². The van der Waals surface area contributed by atoms with E-state index >= 15 is 0 Å². The zero-order chi connectivity index (χ0) is 25.4. The Balaban J connectivity index is 1.85. The maximum Gasteiger partial charge on any atom is 0.338 e. The van der Waals surface area contributed by atoms with Crippen LogP contribution in [0, 0.1) is 10.1 Å². The highest BCUT2D eigenvalue weighted by Gasteiger charge is 2.16. The van der Waals surface area contributed by atoms with Gasteiger partial charge in [0.15, 0.2) is 0 Å². The van der Waals surface area contributed by atoms with Crippen LogP contribution in [-0.4, -0.2) is 29.3 Å². The predicted octanol–water partition coefficient (Wildman–Crippen LogP) is 4.94. The van der Waals surface area contributed by atoms with Gasteiger partial charge < -0.3 is 15.4 Å². The van der Waals surface area contributed by atoms with E-state index < -0.39 is 22.7 Å². The van der Waals surface area contributed by atoms with Crippen molar-refractivity contribution < 1.29 is 24.0 Å². The lowest BCUT2D eigenvalue weighted by molar-refractivity contribution is -0.384. The fraction of sp³-hybridized carbons (Fsp3) is 0.0800. The highest BCUT2D eigenvalue weighted by molar-refractivity contribution is 9.10. The average molecular weight is 538 g/mol. The van der Waals surface area contributed by atoms with Gasteiger partial charge in [0.05, 0.1) is 17.1 Å². The number of nitrogens with zero attached hydrogens (tertiary/aromatic N) is 1. The van der Waals surface area contributed by atoms with Gasteiger partial charge in [-0.3, -0.25) is 19.7 Å². The number of ether oxygens (including phenoxy) is 1. The number of nitro groups is 1. The number of carbonyl (C=O) groups is 3. The van der Waals surface area contributed by atoms with Gasteiger partial charge in [-0.15, -0.1) is 0 Å². The van der Waals surface area contributed by atoms with Crippen molar-refractivity contribution in [3.05, 3.63) is 110 Å². The Morgan fingerprint density at radius 1 is 0.943 bits per heavy atom. The Hall–Kier alpha value is -4.31. The molecule has 2 amide bonds. The summed E-state index contributed by atoms with van der Waals surface area (Å²) in [5.41, 5.74) is 1.32. The van der Waals surface area contributed by atoms with Crippen LogP contribution in [0.1, 0.15) is 33.2 Å². The Kier molecular flexibility index (Phi) is 8.47. The second kappa shape index (κ2) is 11.7. The zero-order valence-corrected chi connectivity index (χ0v) is 20.1. The molecule has 10 heteroatoms. The number of hydrogen-bond donors (Lipinski definition) is 2. The number of nitro benzene ring substituents is 1. The van der Waals surface area contributed by atoms with Crippen LogP contribution in [0.4, 0.5) is 11.4 Å².